The molecule has 0 fully saturated rings. The fourth-order valence-corrected chi connectivity index (χ4v) is 2.72. The molecular weight excluding hydrogens is 302 g/mol. The van der Waals surface area contributed by atoms with Crippen LogP contribution in [0.4, 0.5) is 5.95 Å². The maximum absolute atomic E-state index is 6.18. The van der Waals surface area contributed by atoms with Gasteiger partial charge in [-0.25, -0.2) is 4.98 Å². The second-order valence-electron chi connectivity index (χ2n) is 5.25. The lowest BCUT2D eigenvalue weighted by molar-refractivity contribution is 0.415. The molecule has 0 saturated carbocycles. The highest BCUT2D eigenvalue weighted by Crippen LogP contribution is 2.29. The summed E-state index contributed by atoms with van der Waals surface area (Å²) in [5.74, 6) is 1.19. The zero-order valence-electron chi connectivity index (χ0n) is 13.0. The van der Waals surface area contributed by atoms with Crippen molar-refractivity contribution in [3.8, 4) is 22.8 Å². The summed E-state index contributed by atoms with van der Waals surface area (Å²) in [7, 11) is 1.64. The molecule has 0 aliphatic carbocycles. The third-order valence-corrected chi connectivity index (χ3v) is 3.84. The fourth-order valence-electron chi connectivity index (χ4n) is 2.72. The number of methoxy groups -OCH3 is 1. The maximum Gasteiger partial charge on any atom is 0.206 e. The van der Waals surface area contributed by atoms with Gasteiger partial charge in [0.25, 0.3) is 0 Å². The highest BCUT2D eigenvalue weighted by molar-refractivity contribution is 5.91. The minimum Gasteiger partial charge on any atom is -0.497 e. The number of pyridine rings is 2. The Morgan fingerprint density at radius 1 is 0.958 bits per heavy atom. The molecule has 24 heavy (non-hydrogen) atoms. The SMILES string of the molecule is COc1ccc(-n2c(N)nc3c(-c4ccccn4)nccc32)cc1. The highest BCUT2D eigenvalue weighted by Gasteiger charge is 2.15. The minimum atomic E-state index is 0.403. The van der Waals surface area contributed by atoms with Gasteiger partial charge in [0.2, 0.25) is 5.95 Å². The Bertz CT molecular complexity index is 993. The number of aromatic nitrogens is 4. The van der Waals surface area contributed by atoms with E-state index in [1.807, 2.05) is 53.1 Å². The lowest BCUT2D eigenvalue weighted by Crippen LogP contribution is -2.00. The molecule has 1 aromatic carbocycles. The van der Waals surface area contributed by atoms with Crippen molar-refractivity contribution in [2.45, 2.75) is 0 Å². The smallest absolute Gasteiger partial charge is 0.206 e. The molecule has 3 heterocycles. The first-order valence-electron chi connectivity index (χ1n) is 7.46. The Balaban J connectivity index is 1.93. The number of nitrogen functional groups attached to an aromatic ring is 1. The van der Waals surface area contributed by atoms with Crippen LogP contribution in [0.5, 0.6) is 5.75 Å². The third-order valence-electron chi connectivity index (χ3n) is 3.84. The van der Waals surface area contributed by atoms with Crippen molar-refractivity contribution in [1.29, 1.82) is 0 Å². The molecule has 6 nitrogen and oxygen atoms in total. The molecule has 0 atom stereocenters. The van der Waals surface area contributed by atoms with Crippen molar-refractivity contribution in [3.63, 3.8) is 0 Å². The number of rotatable bonds is 3. The van der Waals surface area contributed by atoms with Crippen molar-refractivity contribution in [1.82, 2.24) is 19.5 Å². The van der Waals surface area contributed by atoms with E-state index >= 15 is 0 Å². The van der Waals surface area contributed by atoms with Crippen LogP contribution in [-0.2, 0) is 0 Å². The van der Waals surface area contributed by atoms with Crippen molar-refractivity contribution < 1.29 is 4.74 Å². The minimum absolute atomic E-state index is 0.403. The van der Waals surface area contributed by atoms with Crippen LogP contribution in [0, 0.1) is 0 Å². The van der Waals surface area contributed by atoms with Gasteiger partial charge in [0, 0.05) is 18.1 Å². The monoisotopic (exact) mass is 317 g/mol. The fraction of sp³-hybridized carbons (Fsp3) is 0.0556. The van der Waals surface area contributed by atoms with Crippen LogP contribution in [0.3, 0.4) is 0 Å². The van der Waals surface area contributed by atoms with Crippen LogP contribution >= 0.6 is 0 Å². The van der Waals surface area contributed by atoms with Gasteiger partial charge in [-0.3, -0.25) is 14.5 Å². The number of hydrogen-bond donors (Lipinski definition) is 1. The molecule has 0 radical (unpaired) electrons. The van der Waals surface area contributed by atoms with Crippen LogP contribution in [0.15, 0.2) is 60.9 Å². The van der Waals surface area contributed by atoms with E-state index in [1.165, 1.54) is 0 Å². The summed E-state index contributed by atoms with van der Waals surface area (Å²) in [5.41, 5.74) is 10.2. The molecule has 4 rings (SSSR count). The average Bonchev–Trinajstić information content (AvgIpc) is 2.98. The number of hydrogen-bond acceptors (Lipinski definition) is 5. The molecule has 0 aliphatic heterocycles. The molecule has 118 valence electrons. The van der Waals surface area contributed by atoms with Crippen LogP contribution in [0.2, 0.25) is 0 Å². The first kappa shape index (κ1) is 14.2. The van der Waals surface area contributed by atoms with E-state index in [-0.39, 0.29) is 0 Å². The van der Waals surface area contributed by atoms with Crippen LogP contribution < -0.4 is 10.5 Å². The van der Waals surface area contributed by atoms with E-state index in [1.54, 1.807) is 19.5 Å². The van der Waals surface area contributed by atoms with Gasteiger partial charge in [0.05, 0.1) is 18.3 Å². The topological polar surface area (TPSA) is 78.9 Å². The number of imidazole rings is 1. The quantitative estimate of drug-likeness (QED) is 0.628. The lowest BCUT2D eigenvalue weighted by Gasteiger charge is -2.08. The first-order chi connectivity index (χ1) is 11.8. The van der Waals surface area contributed by atoms with Crippen molar-refractivity contribution >= 4 is 17.0 Å². The summed E-state index contributed by atoms with van der Waals surface area (Å²) >= 11 is 0. The number of nitrogens with zero attached hydrogens (tertiary/aromatic N) is 4. The molecule has 2 N–H and O–H groups in total. The van der Waals surface area contributed by atoms with Crippen LogP contribution in [-0.4, -0.2) is 26.6 Å². The first-order valence-corrected chi connectivity index (χ1v) is 7.46. The van der Waals surface area contributed by atoms with Gasteiger partial charge in [0.1, 0.15) is 17.0 Å². The van der Waals surface area contributed by atoms with Gasteiger partial charge >= 0.3 is 0 Å². The van der Waals surface area contributed by atoms with Gasteiger partial charge in [0.15, 0.2) is 0 Å². The molecule has 0 saturated heterocycles. The molecule has 4 aromatic rings. The lowest BCUT2D eigenvalue weighted by atomic mass is 10.2. The summed E-state index contributed by atoms with van der Waals surface area (Å²) in [5, 5.41) is 0. The molecule has 3 aromatic heterocycles. The Kier molecular flexibility index (Phi) is 3.35. The van der Waals surface area contributed by atoms with Crippen LogP contribution in [0.1, 0.15) is 0 Å². The normalized spacial score (nSPS) is 10.9. The van der Waals surface area contributed by atoms with E-state index in [0.29, 0.717) is 11.6 Å². The van der Waals surface area contributed by atoms with Gasteiger partial charge in [-0.05, 0) is 42.5 Å². The van der Waals surface area contributed by atoms with Crippen molar-refractivity contribution in [3.05, 3.63) is 60.9 Å². The van der Waals surface area contributed by atoms with E-state index in [0.717, 1.165) is 28.2 Å². The number of benzene rings is 1. The maximum atomic E-state index is 6.18. The van der Waals surface area contributed by atoms with Crippen molar-refractivity contribution in [2.75, 3.05) is 12.8 Å². The third kappa shape index (κ3) is 2.25. The summed E-state index contributed by atoms with van der Waals surface area (Å²) in [6.07, 6.45) is 3.48. The summed E-state index contributed by atoms with van der Waals surface area (Å²) in [4.78, 5) is 13.3. The van der Waals surface area contributed by atoms with Gasteiger partial charge in [-0.1, -0.05) is 6.07 Å². The largest absolute Gasteiger partial charge is 0.497 e. The highest BCUT2D eigenvalue weighted by atomic mass is 16.5. The Morgan fingerprint density at radius 3 is 2.50 bits per heavy atom. The van der Waals surface area contributed by atoms with Gasteiger partial charge < -0.3 is 10.5 Å². The molecule has 6 heteroatoms. The number of ether oxygens (including phenoxy) is 1. The number of nitrogens with two attached hydrogens (primary N) is 1. The van der Waals surface area contributed by atoms with Crippen LogP contribution in [0.25, 0.3) is 28.1 Å². The average molecular weight is 317 g/mol. The molecule has 0 amide bonds. The molecule has 0 aliphatic rings. The van der Waals surface area contributed by atoms with Crippen molar-refractivity contribution in [2.24, 2.45) is 0 Å². The van der Waals surface area contributed by atoms with E-state index in [9.17, 15) is 0 Å². The molecule has 0 spiro atoms. The molecule has 0 unspecified atom stereocenters. The Labute approximate surface area is 138 Å². The predicted molar refractivity (Wildman–Crippen MR) is 93.1 cm³/mol. The Hall–Kier alpha value is -3.41. The summed E-state index contributed by atoms with van der Waals surface area (Å²) in [6, 6.07) is 15.3. The van der Waals surface area contributed by atoms with Gasteiger partial charge in [-0.15, -0.1) is 0 Å². The molecular formula is C18H15N5O. The second kappa shape index (κ2) is 5.66. The van der Waals surface area contributed by atoms with E-state index in [2.05, 4.69) is 15.0 Å². The zero-order valence-corrected chi connectivity index (χ0v) is 13.0. The number of fused-ring (bicyclic) bond motifs is 1. The second-order valence-corrected chi connectivity index (χ2v) is 5.25. The Morgan fingerprint density at radius 2 is 1.79 bits per heavy atom. The number of anilines is 1. The van der Waals surface area contributed by atoms with E-state index < -0.39 is 0 Å². The predicted octanol–water partition coefficient (Wildman–Crippen LogP) is 3.07. The standard InChI is InChI=1S/C18H15N5O/c1-24-13-7-5-12(6-8-13)23-15-9-11-21-16(17(15)22-18(23)19)14-4-2-3-10-20-14/h2-11H,1H3,(H2,19,22). The summed E-state index contributed by atoms with van der Waals surface area (Å²) < 4.78 is 7.10. The summed E-state index contributed by atoms with van der Waals surface area (Å²) in [6.45, 7) is 0. The van der Waals surface area contributed by atoms with Gasteiger partial charge in [-0.2, -0.15) is 0 Å². The molecule has 0 bridgehead atoms. The van der Waals surface area contributed by atoms with E-state index in [4.69, 9.17) is 10.5 Å². The zero-order chi connectivity index (χ0) is 16.5.